The highest BCUT2D eigenvalue weighted by Crippen LogP contribution is 2.40. The first-order valence-corrected chi connectivity index (χ1v) is 12.2. The number of rotatable bonds is 7. The van der Waals surface area contributed by atoms with Gasteiger partial charge in [-0.1, -0.05) is 26.0 Å². The van der Waals surface area contributed by atoms with Gasteiger partial charge in [0, 0.05) is 43.0 Å². The van der Waals surface area contributed by atoms with Crippen molar-refractivity contribution in [2.45, 2.75) is 45.1 Å². The molecule has 8 heteroatoms. The maximum Gasteiger partial charge on any atom is 0.325 e. The second-order valence-electron chi connectivity index (χ2n) is 8.99. The summed E-state index contributed by atoms with van der Waals surface area (Å²) in [5.41, 5.74) is -0.607. The number of piperidine rings is 1. The van der Waals surface area contributed by atoms with Crippen LogP contribution in [-0.4, -0.2) is 52.3 Å². The highest BCUT2D eigenvalue weighted by atomic mass is 32.1. The molecule has 2 aromatic heterocycles. The van der Waals surface area contributed by atoms with Crippen LogP contribution in [0.1, 0.15) is 43.7 Å². The van der Waals surface area contributed by atoms with Crippen LogP contribution in [-0.2, 0) is 21.5 Å². The molecule has 2 fully saturated rings. The average molecular weight is 455 g/mol. The van der Waals surface area contributed by atoms with Crippen LogP contribution in [0.3, 0.4) is 0 Å². The van der Waals surface area contributed by atoms with E-state index in [0.717, 1.165) is 4.88 Å². The maximum absolute atomic E-state index is 13.8. The van der Waals surface area contributed by atoms with E-state index in [9.17, 15) is 14.4 Å². The molecule has 0 radical (unpaired) electrons. The summed E-state index contributed by atoms with van der Waals surface area (Å²) in [6.45, 7) is 5.59. The van der Waals surface area contributed by atoms with Gasteiger partial charge in [-0.25, -0.2) is 4.79 Å². The number of hydrogen-bond acceptors (Lipinski definition) is 5. The first kappa shape index (κ1) is 22.5. The minimum Gasteiger partial charge on any atom is -0.343 e. The first-order chi connectivity index (χ1) is 15.4. The van der Waals surface area contributed by atoms with Gasteiger partial charge in [0.1, 0.15) is 0 Å². The molecule has 4 rings (SSSR count). The molecule has 0 unspecified atom stereocenters. The summed E-state index contributed by atoms with van der Waals surface area (Å²) in [6, 6.07) is 9.09. The summed E-state index contributed by atoms with van der Waals surface area (Å²) < 4.78 is 0. The van der Waals surface area contributed by atoms with Crippen LogP contribution in [0.4, 0.5) is 4.79 Å². The summed E-state index contributed by atoms with van der Waals surface area (Å²) in [6.07, 6.45) is 4.11. The zero-order valence-corrected chi connectivity index (χ0v) is 19.4. The Labute approximate surface area is 192 Å². The van der Waals surface area contributed by atoms with Gasteiger partial charge < -0.3 is 10.2 Å². The van der Waals surface area contributed by atoms with Gasteiger partial charge in [-0.05, 0) is 48.8 Å². The number of nitrogens with zero attached hydrogens (tertiary/aromatic N) is 3. The number of urea groups is 1. The van der Waals surface area contributed by atoms with Crippen molar-refractivity contribution in [2.75, 3.05) is 19.6 Å². The Bertz CT molecular complexity index is 955. The molecule has 1 N–H and O–H groups in total. The van der Waals surface area contributed by atoms with Gasteiger partial charge in [0.25, 0.3) is 5.91 Å². The summed E-state index contributed by atoms with van der Waals surface area (Å²) in [5.74, 6) is 0.116. The molecule has 2 aromatic rings. The van der Waals surface area contributed by atoms with E-state index in [0.29, 0.717) is 56.9 Å². The van der Waals surface area contributed by atoms with Crippen molar-refractivity contribution < 1.29 is 14.4 Å². The average Bonchev–Trinajstić information content (AvgIpc) is 3.39. The van der Waals surface area contributed by atoms with Crippen molar-refractivity contribution in [2.24, 2.45) is 11.8 Å². The molecular formula is C24H30N4O3S. The molecule has 0 spiro atoms. The van der Waals surface area contributed by atoms with Crippen molar-refractivity contribution in [3.8, 4) is 0 Å². The minimum absolute atomic E-state index is 0.122. The van der Waals surface area contributed by atoms with Crippen LogP contribution in [0.25, 0.3) is 0 Å². The molecule has 0 saturated carbocycles. The minimum atomic E-state index is -1.18. The predicted octanol–water partition coefficient (Wildman–Crippen LogP) is 3.42. The largest absolute Gasteiger partial charge is 0.343 e. The summed E-state index contributed by atoms with van der Waals surface area (Å²) in [5, 5.41) is 5.03. The lowest BCUT2D eigenvalue weighted by molar-refractivity contribution is -0.136. The molecule has 2 aliphatic rings. The van der Waals surface area contributed by atoms with E-state index in [2.05, 4.69) is 10.3 Å². The van der Waals surface area contributed by atoms with Crippen molar-refractivity contribution in [1.82, 2.24) is 20.1 Å². The van der Waals surface area contributed by atoms with Gasteiger partial charge in [0.2, 0.25) is 5.91 Å². The van der Waals surface area contributed by atoms with Gasteiger partial charge in [0.05, 0.1) is 5.69 Å². The Morgan fingerprint density at radius 1 is 1.22 bits per heavy atom. The molecule has 170 valence electrons. The topological polar surface area (TPSA) is 82.6 Å². The normalized spacial score (nSPS) is 22.0. The predicted molar refractivity (Wildman–Crippen MR) is 123 cm³/mol. The van der Waals surface area contributed by atoms with Crippen molar-refractivity contribution >= 4 is 29.2 Å². The number of pyridine rings is 1. The van der Waals surface area contributed by atoms with Gasteiger partial charge >= 0.3 is 6.03 Å². The number of carbonyl (C=O) groups excluding carboxylic acids is 3. The second kappa shape index (κ2) is 9.40. The SMILES string of the molecule is CC(C)CC(=O)N1CCC([C@]2(c3ccccn3)NC(=O)N(CCc3cccs3)C2=O)CC1. The summed E-state index contributed by atoms with van der Waals surface area (Å²) in [7, 11) is 0. The Balaban J connectivity index is 1.56. The third-order valence-electron chi connectivity index (χ3n) is 6.41. The lowest BCUT2D eigenvalue weighted by atomic mass is 9.75. The summed E-state index contributed by atoms with van der Waals surface area (Å²) >= 11 is 1.62. The number of nitrogens with one attached hydrogen (secondary N) is 1. The Morgan fingerprint density at radius 2 is 2.00 bits per heavy atom. The van der Waals surface area contributed by atoms with Gasteiger partial charge in [0.15, 0.2) is 5.54 Å². The smallest absolute Gasteiger partial charge is 0.325 e. The van der Waals surface area contributed by atoms with Crippen molar-refractivity contribution in [3.63, 3.8) is 0 Å². The quantitative estimate of drug-likeness (QED) is 0.650. The molecule has 0 aromatic carbocycles. The first-order valence-electron chi connectivity index (χ1n) is 11.3. The van der Waals surface area contributed by atoms with Gasteiger partial charge in [-0.2, -0.15) is 0 Å². The molecule has 7 nitrogen and oxygen atoms in total. The fraction of sp³-hybridized carbons (Fsp3) is 0.500. The van der Waals surface area contributed by atoms with Crippen molar-refractivity contribution in [1.29, 1.82) is 0 Å². The third kappa shape index (κ3) is 4.28. The zero-order chi connectivity index (χ0) is 22.7. The molecule has 2 aliphatic heterocycles. The third-order valence-corrected chi connectivity index (χ3v) is 7.34. The number of thiophene rings is 1. The fourth-order valence-electron chi connectivity index (χ4n) is 4.77. The van der Waals surface area contributed by atoms with Gasteiger partial charge in [-0.15, -0.1) is 11.3 Å². The van der Waals surface area contributed by atoms with E-state index in [1.807, 2.05) is 48.4 Å². The number of carbonyl (C=O) groups is 3. The molecule has 1 atom stereocenters. The lowest BCUT2D eigenvalue weighted by Gasteiger charge is -2.40. The number of imide groups is 1. The van der Waals surface area contributed by atoms with E-state index in [1.54, 1.807) is 23.6 Å². The summed E-state index contributed by atoms with van der Waals surface area (Å²) in [4.78, 5) is 48.1. The Morgan fingerprint density at radius 3 is 2.62 bits per heavy atom. The van der Waals surface area contributed by atoms with Crippen LogP contribution in [0.5, 0.6) is 0 Å². The fourth-order valence-corrected chi connectivity index (χ4v) is 5.47. The molecule has 0 bridgehead atoms. The van der Waals surface area contributed by atoms with E-state index >= 15 is 0 Å². The van der Waals surface area contributed by atoms with Crippen LogP contribution >= 0.6 is 11.3 Å². The van der Waals surface area contributed by atoms with Crippen LogP contribution < -0.4 is 5.32 Å². The second-order valence-corrected chi connectivity index (χ2v) is 10.0. The van der Waals surface area contributed by atoms with Crippen LogP contribution in [0.2, 0.25) is 0 Å². The molecule has 4 heterocycles. The number of aromatic nitrogens is 1. The lowest BCUT2D eigenvalue weighted by Crippen LogP contribution is -2.54. The Kier molecular flexibility index (Phi) is 6.60. The van der Waals surface area contributed by atoms with E-state index in [4.69, 9.17) is 0 Å². The highest BCUT2D eigenvalue weighted by Gasteiger charge is 2.58. The molecular weight excluding hydrogens is 424 g/mol. The molecule has 4 amide bonds. The van der Waals surface area contributed by atoms with E-state index in [1.165, 1.54) is 4.90 Å². The molecule has 0 aliphatic carbocycles. The van der Waals surface area contributed by atoms with E-state index in [-0.39, 0.29) is 23.8 Å². The number of likely N-dealkylation sites (tertiary alicyclic amines) is 1. The Hall–Kier alpha value is -2.74. The number of amides is 4. The van der Waals surface area contributed by atoms with Gasteiger partial charge in [-0.3, -0.25) is 19.5 Å². The van der Waals surface area contributed by atoms with Crippen LogP contribution in [0, 0.1) is 11.8 Å². The van der Waals surface area contributed by atoms with Crippen LogP contribution in [0.15, 0.2) is 41.9 Å². The number of hydrogen-bond donors (Lipinski definition) is 1. The molecule has 32 heavy (non-hydrogen) atoms. The van der Waals surface area contributed by atoms with E-state index < -0.39 is 5.54 Å². The molecule has 2 saturated heterocycles. The standard InChI is InChI=1S/C24H30N4O3S/c1-17(2)16-21(29)27-12-8-18(9-13-27)24(20-7-3-4-11-25-20)22(30)28(23(31)26-24)14-10-19-6-5-15-32-19/h3-7,11,15,17-18H,8-10,12-14,16H2,1-2H3,(H,26,31)/t24-/m1/s1. The zero-order valence-electron chi connectivity index (χ0n) is 18.6. The van der Waals surface area contributed by atoms with Crippen molar-refractivity contribution in [3.05, 3.63) is 52.5 Å². The highest BCUT2D eigenvalue weighted by molar-refractivity contribution is 7.09. The monoisotopic (exact) mass is 454 g/mol. The maximum atomic E-state index is 13.8.